The van der Waals surface area contributed by atoms with Gasteiger partial charge in [0.15, 0.2) is 0 Å². The summed E-state index contributed by atoms with van der Waals surface area (Å²) in [6, 6.07) is 8.69. The van der Waals surface area contributed by atoms with Crippen LogP contribution in [-0.4, -0.2) is 54.1 Å². The van der Waals surface area contributed by atoms with Crippen LogP contribution in [0.4, 0.5) is 15.3 Å². The number of carbonyl (C=O) groups excluding carboxylic acids is 2. The fourth-order valence-corrected chi connectivity index (χ4v) is 3.06. The molecule has 0 spiro atoms. The summed E-state index contributed by atoms with van der Waals surface area (Å²) in [7, 11) is 0. The van der Waals surface area contributed by atoms with Crippen molar-refractivity contribution in [3.8, 4) is 6.07 Å². The summed E-state index contributed by atoms with van der Waals surface area (Å²) in [5, 5.41) is 14.4. The molecule has 0 radical (unpaired) electrons. The molecule has 0 bridgehead atoms. The molecule has 1 aromatic rings. The number of hydrogen-bond acceptors (Lipinski definition) is 3. The van der Waals surface area contributed by atoms with E-state index in [1.54, 1.807) is 29.2 Å². The van der Waals surface area contributed by atoms with Crippen molar-refractivity contribution in [1.82, 2.24) is 15.1 Å². The molecule has 2 saturated heterocycles. The van der Waals surface area contributed by atoms with E-state index in [0.29, 0.717) is 37.4 Å². The van der Waals surface area contributed by atoms with Crippen molar-refractivity contribution in [2.75, 3.05) is 31.5 Å². The second-order valence-electron chi connectivity index (χ2n) is 5.79. The first-order chi connectivity index (χ1) is 11.2. The van der Waals surface area contributed by atoms with Crippen molar-refractivity contribution < 1.29 is 9.59 Å². The third-order valence-electron chi connectivity index (χ3n) is 4.28. The second kappa shape index (κ2) is 6.57. The predicted octanol–water partition coefficient (Wildman–Crippen LogP) is 1.58. The third-order valence-corrected chi connectivity index (χ3v) is 4.28. The van der Waals surface area contributed by atoms with E-state index in [1.807, 2.05) is 11.0 Å². The number of anilines is 1. The summed E-state index contributed by atoms with van der Waals surface area (Å²) in [6.07, 6.45) is 1.81. The van der Waals surface area contributed by atoms with Crippen molar-refractivity contribution >= 4 is 17.7 Å². The van der Waals surface area contributed by atoms with Gasteiger partial charge >= 0.3 is 12.1 Å². The van der Waals surface area contributed by atoms with Crippen LogP contribution in [0.1, 0.15) is 18.4 Å². The first-order valence-electron chi connectivity index (χ1n) is 7.78. The number of nitriles is 1. The normalized spacial score (nSPS) is 20.8. The smallest absolute Gasteiger partial charge is 0.321 e. The van der Waals surface area contributed by atoms with Crippen LogP contribution in [0.15, 0.2) is 24.3 Å². The Hall–Kier alpha value is -2.75. The zero-order valence-electron chi connectivity index (χ0n) is 12.8. The Morgan fingerprint density at radius 3 is 2.74 bits per heavy atom. The molecule has 7 nitrogen and oxygen atoms in total. The van der Waals surface area contributed by atoms with E-state index < -0.39 is 0 Å². The molecular formula is C16H19N5O2. The maximum Gasteiger partial charge on any atom is 0.321 e. The van der Waals surface area contributed by atoms with Crippen LogP contribution in [-0.2, 0) is 0 Å². The van der Waals surface area contributed by atoms with Gasteiger partial charge in [0.2, 0.25) is 0 Å². The fourth-order valence-electron chi connectivity index (χ4n) is 3.06. The number of nitrogens with zero attached hydrogens (tertiary/aromatic N) is 3. The zero-order valence-corrected chi connectivity index (χ0v) is 12.8. The van der Waals surface area contributed by atoms with Gasteiger partial charge in [-0.1, -0.05) is 0 Å². The van der Waals surface area contributed by atoms with Crippen molar-refractivity contribution in [1.29, 1.82) is 5.26 Å². The standard InChI is InChI=1S/C16H19N5O2/c17-10-12-3-5-13(6-4-12)19-16(23)20-8-1-2-14(11-20)21-9-7-18-15(21)22/h3-6,14H,1-2,7-9,11H2,(H,18,22)(H,19,23)/t14-/m1/s1. The molecule has 0 unspecified atom stereocenters. The van der Waals surface area contributed by atoms with Crippen molar-refractivity contribution in [3.63, 3.8) is 0 Å². The highest BCUT2D eigenvalue weighted by Crippen LogP contribution is 2.19. The molecule has 2 fully saturated rings. The Morgan fingerprint density at radius 2 is 2.09 bits per heavy atom. The minimum absolute atomic E-state index is 0.0376. The summed E-state index contributed by atoms with van der Waals surface area (Å²) in [5.74, 6) is 0. The Bertz CT molecular complexity index is 637. The maximum absolute atomic E-state index is 12.4. The van der Waals surface area contributed by atoms with Gasteiger partial charge in [0.25, 0.3) is 0 Å². The third kappa shape index (κ3) is 3.37. The molecule has 1 atom stereocenters. The van der Waals surface area contributed by atoms with Crippen LogP contribution in [0, 0.1) is 11.3 Å². The van der Waals surface area contributed by atoms with Crippen LogP contribution in [0.5, 0.6) is 0 Å². The number of urea groups is 2. The first-order valence-corrected chi connectivity index (χ1v) is 7.78. The van der Waals surface area contributed by atoms with E-state index in [1.165, 1.54) is 0 Å². The minimum atomic E-state index is -0.168. The van der Waals surface area contributed by atoms with Gasteiger partial charge in [0.1, 0.15) is 0 Å². The molecule has 7 heteroatoms. The van der Waals surface area contributed by atoms with E-state index in [2.05, 4.69) is 10.6 Å². The lowest BCUT2D eigenvalue weighted by Crippen LogP contribution is -2.51. The van der Waals surface area contributed by atoms with Gasteiger partial charge in [-0.3, -0.25) is 0 Å². The number of rotatable bonds is 2. The molecule has 0 aromatic heterocycles. The summed E-state index contributed by atoms with van der Waals surface area (Å²) < 4.78 is 0. The molecule has 0 saturated carbocycles. The number of carbonyl (C=O) groups is 2. The Morgan fingerprint density at radius 1 is 1.30 bits per heavy atom. The number of amides is 4. The van der Waals surface area contributed by atoms with Crippen LogP contribution in [0.3, 0.4) is 0 Å². The summed E-state index contributed by atoms with van der Waals surface area (Å²) in [5.41, 5.74) is 1.22. The highest BCUT2D eigenvalue weighted by molar-refractivity contribution is 5.89. The molecule has 0 aliphatic carbocycles. The molecule has 120 valence electrons. The maximum atomic E-state index is 12.4. The van der Waals surface area contributed by atoms with E-state index in [-0.39, 0.29) is 18.1 Å². The molecule has 3 rings (SSSR count). The predicted molar refractivity (Wildman–Crippen MR) is 84.9 cm³/mol. The van der Waals surface area contributed by atoms with Gasteiger partial charge in [-0.15, -0.1) is 0 Å². The van der Waals surface area contributed by atoms with Gasteiger partial charge < -0.3 is 20.4 Å². The summed E-state index contributed by atoms with van der Waals surface area (Å²) in [6.45, 7) is 2.62. The number of hydrogen-bond donors (Lipinski definition) is 2. The van der Waals surface area contributed by atoms with E-state index in [4.69, 9.17) is 5.26 Å². The Kier molecular flexibility index (Phi) is 4.33. The van der Waals surface area contributed by atoms with Gasteiger partial charge in [0.05, 0.1) is 17.7 Å². The van der Waals surface area contributed by atoms with Crippen LogP contribution in [0.25, 0.3) is 0 Å². The van der Waals surface area contributed by atoms with Gasteiger partial charge in [-0.05, 0) is 37.1 Å². The van der Waals surface area contributed by atoms with Crippen LogP contribution >= 0.6 is 0 Å². The summed E-state index contributed by atoms with van der Waals surface area (Å²) >= 11 is 0. The molecule has 2 heterocycles. The van der Waals surface area contributed by atoms with E-state index in [0.717, 1.165) is 12.8 Å². The topological polar surface area (TPSA) is 88.5 Å². The van der Waals surface area contributed by atoms with Crippen molar-refractivity contribution in [3.05, 3.63) is 29.8 Å². The zero-order chi connectivity index (χ0) is 16.2. The molecule has 1 aromatic carbocycles. The van der Waals surface area contributed by atoms with Crippen molar-refractivity contribution in [2.24, 2.45) is 0 Å². The Balaban J connectivity index is 1.60. The van der Waals surface area contributed by atoms with Crippen LogP contribution in [0.2, 0.25) is 0 Å². The number of nitrogens with one attached hydrogen (secondary N) is 2. The lowest BCUT2D eigenvalue weighted by atomic mass is 10.0. The van der Waals surface area contributed by atoms with E-state index in [9.17, 15) is 9.59 Å². The van der Waals surface area contributed by atoms with Gasteiger partial charge in [0, 0.05) is 31.9 Å². The number of piperidine rings is 1. The molecular weight excluding hydrogens is 294 g/mol. The SMILES string of the molecule is N#Cc1ccc(NC(=O)N2CCC[C@@H](N3CCNC3=O)C2)cc1. The highest BCUT2D eigenvalue weighted by Gasteiger charge is 2.32. The molecule has 2 aliphatic rings. The van der Waals surface area contributed by atoms with Gasteiger partial charge in [-0.2, -0.15) is 5.26 Å². The lowest BCUT2D eigenvalue weighted by Gasteiger charge is -2.36. The molecule has 4 amide bonds. The minimum Gasteiger partial charge on any atom is -0.336 e. The first kappa shape index (κ1) is 15.2. The average Bonchev–Trinajstić information content (AvgIpc) is 3.02. The molecule has 2 aliphatic heterocycles. The number of benzene rings is 1. The fraction of sp³-hybridized carbons (Fsp3) is 0.438. The molecule has 2 N–H and O–H groups in total. The lowest BCUT2D eigenvalue weighted by molar-refractivity contribution is 0.139. The Labute approximate surface area is 134 Å². The van der Waals surface area contributed by atoms with Gasteiger partial charge in [-0.25, -0.2) is 9.59 Å². The number of likely N-dealkylation sites (tertiary alicyclic amines) is 1. The van der Waals surface area contributed by atoms with Crippen molar-refractivity contribution in [2.45, 2.75) is 18.9 Å². The largest absolute Gasteiger partial charge is 0.336 e. The second-order valence-corrected chi connectivity index (χ2v) is 5.79. The molecule has 23 heavy (non-hydrogen) atoms. The summed E-state index contributed by atoms with van der Waals surface area (Å²) in [4.78, 5) is 27.7. The average molecular weight is 313 g/mol. The van der Waals surface area contributed by atoms with E-state index >= 15 is 0 Å². The monoisotopic (exact) mass is 313 g/mol. The van der Waals surface area contributed by atoms with Crippen LogP contribution < -0.4 is 10.6 Å². The highest BCUT2D eigenvalue weighted by atomic mass is 16.2. The quantitative estimate of drug-likeness (QED) is 0.869.